The summed E-state index contributed by atoms with van der Waals surface area (Å²) in [5.74, 6) is 0. The van der Waals surface area contributed by atoms with Crippen LogP contribution in [-0.2, 0) is 23.6 Å². The second kappa shape index (κ2) is 5.98. The Balaban J connectivity index is 1.95. The van der Waals surface area contributed by atoms with E-state index in [4.69, 9.17) is 0 Å². The monoisotopic (exact) mass is 311 g/mol. The number of nitrogens with zero attached hydrogens (tertiary/aromatic N) is 4. The van der Waals surface area contributed by atoms with Gasteiger partial charge in [-0.25, -0.2) is 13.1 Å². The van der Waals surface area contributed by atoms with Crippen molar-refractivity contribution in [1.29, 1.82) is 0 Å². The fraction of sp³-hybridized carbons (Fsp3) is 0.538. The largest absolute Gasteiger partial charge is 0.272 e. The molecule has 0 spiro atoms. The predicted octanol–water partition coefficient (Wildman–Crippen LogP) is 0.910. The molecule has 0 amide bonds. The van der Waals surface area contributed by atoms with E-state index >= 15 is 0 Å². The number of aromatic nitrogens is 4. The highest BCUT2D eigenvalue weighted by Crippen LogP contribution is 2.18. The minimum absolute atomic E-state index is 0.278. The smallest absolute Gasteiger partial charge is 0.244 e. The fourth-order valence-corrected chi connectivity index (χ4v) is 3.76. The molecule has 0 unspecified atom stereocenters. The van der Waals surface area contributed by atoms with Gasteiger partial charge in [-0.2, -0.15) is 10.2 Å². The van der Waals surface area contributed by atoms with Crippen LogP contribution in [0.1, 0.15) is 23.5 Å². The second-order valence-electron chi connectivity index (χ2n) is 5.10. The molecule has 0 saturated carbocycles. The summed E-state index contributed by atoms with van der Waals surface area (Å²) in [4.78, 5) is 0.278. The first-order valence-electron chi connectivity index (χ1n) is 6.81. The van der Waals surface area contributed by atoms with Gasteiger partial charge in [0.1, 0.15) is 4.90 Å². The Labute approximate surface area is 125 Å². The average Bonchev–Trinajstić information content (AvgIpc) is 2.90. The summed E-state index contributed by atoms with van der Waals surface area (Å²) in [6.45, 7) is 6.43. The van der Waals surface area contributed by atoms with E-state index in [2.05, 4.69) is 14.9 Å². The summed E-state index contributed by atoms with van der Waals surface area (Å²) < 4.78 is 30.6. The zero-order valence-corrected chi connectivity index (χ0v) is 13.6. The minimum Gasteiger partial charge on any atom is -0.272 e. The zero-order chi connectivity index (χ0) is 15.6. The van der Waals surface area contributed by atoms with Crippen LogP contribution in [0.3, 0.4) is 0 Å². The SMILES string of the molecule is Cc1ccn(CCCNS(=O)(=O)c2c(C)nn(C)c2C)n1. The number of nitrogens with one attached hydrogen (secondary N) is 1. The van der Waals surface area contributed by atoms with E-state index in [1.54, 1.807) is 25.6 Å². The number of sulfonamides is 1. The number of hydrogen-bond acceptors (Lipinski definition) is 4. The number of hydrogen-bond donors (Lipinski definition) is 1. The van der Waals surface area contributed by atoms with E-state index in [-0.39, 0.29) is 4.90 Å². The van der Waals surface area contributed by atoms with Gasteiger partial charge in [-0.3, -0.25) is 9.36 Å². The minimum atomic E-state index is -3.51. The molecule has 8 heteroatoms. The van der Waals surface area contributed by atoms with Crippen molar-refractivity contribution in [3.05, 3.63) is 29.3 Å². The number of aryl methyl sites for hydroxylation is 4. The van der Waals surface area contributed by atoms with Crippen LogP contribution in [0.25, 0.3) is 0 Å². The molecule has 0 atom stereocenters. The van der Waals surface area contributed by atoms with Crippen molar-refractivity contribution < 1.29 is 8.42 Å². The standard InChI is InChI=1S/C13H21N5O2S/c1-10-6-9-18(15-10)8-5-7-14-21(19,20)13-11(2)16-17(4)12(13)3/h6,9,14H,5,7-8H2,1-4H3. The normalized spacial score (nSPS) is 12.0. The fourth-order valence-electron chi connectivity index (χ4n) is 2.25. The Bertz CT molecular complexity index is 730. The highest BCUT2D eigenvalue weighted by atomic mass is 32.2. The maximum absolute atomic E-state index is 12.3. The summed E-state index contributed by atoms with van der Waals surface area (Å²) in [5, 5.41) is 8.40. The molecular formula is C13H21N5O2S. The summed E-state index contributed by atoms with van der Waals surface area (Å²) in [5.41, 5.74) is 2.12. The maximum Gasteiger partial charge on any atom is 0.244 e. The maximum atomic E-state index is 12.3. The van der Waals surface area contributed by atoms with Gasteiger partial charge in [0.15, 0.2) is 0 Å². The lowest BCUT2D eigenvalue weighted by molar-refractivity contribution is 0.550. The molecule has 2 rings (SSSR count). The van der Waals surface area contributed by atoms with Gasteiger partial charge in [0.2, 0.25) is 10.0 Å². The van der Waals surface area contributed by atoms with Crippen molar-refractivity contribution in [1.82, 2.24) is 24.3 Å². The van der Waals surface area contributed by atoms with Gasteiger partial charge < -0.3 is 0 Å². The van der Waals surface area contributed by atoms with Crippen LogP contribution < -0.4 is 4.72 Å². The van der Waals surface area contributed by atoms with Gasteiger partial charge in [-0.05, 0) is 33.3 Å². The molecule has 0 aliphatic heterocycles. The summed E-state index contributed by atoms with van der Waals surface area (Å²) in [6, 6.07) is 1.92. The Morgan fingerprint density at radius 3 is 2.48 bits per heavy atom. The van der Waals surface area contributed by atoms with Crippen molar-refractivity contribution in [3.63, 3.8) is 0 Å². The molecule has 0 radical (unpaired) electrons. The lowest BCUT2D eigenvalue weighted by Crippen LogP contribution is -2.26. The third-order valence-corrected chi connectivity index (χ3v) is 5.05. The third kappa shape index (κ3) is 3.51. The van der Waals surface area contributed by atoms with Gasteiger partial charge in [0.05, 0.1) is 17.1 Å². The van der Waals surface area contributed by atoms with Gasteiger partial charge in [0.25, 0.3) is 0 Å². The molecule has 7 nitrogen and oxygen atoms in total. The van der Waals surface area contributed by atoms with Crippen molar-refractivity contribution >= 4 is 10.0 Å². The van der Waals surface area contributed by atoms with E-state index in [9.17, 15) is 8.42 Å². The van der Waals surface area contributed by atoms with Crippen LogP contribution in [0, 0.1) is 20.8 Å². The third-order valence-electron chi connectivity index (χ3n) is 3.34. The first-order chi connectivity index (χ1) is 9.81. The first kappa shape index (κ1) is 15.7. The molecule has 2 aromatic rings. The summed E-state index contributed by atoms with van der Waals surface area (Å²) in [7, 11) is -1.78. The van der Waals surface area contributed by atoms with Crippen molar-refractivity contribution in [2.24, 2.45) is 7.05 Å². The van der Waals surface area contributed by atoms with Gasteiger partial charge >= 0.3 is 0 Å². The topological polar surface area (TPSA) is 81.8 Å². The Morgan fingerprint density at radius 1 is 1.24 bits per heavy atom. The van der Waals surface area contributed by atoms with E-state index in [1.165, 1.54) is 0 Å². The molecule has 0 fully saturated rings. The van der Waals surface area contributed by atoms with Gasteiger partial charge in [-0.1, -0.05) is 0 Å². The first-order valence-corrected chi connectivity index (χ1v) is 8.29. The molecule has 21 heavy (non-hydrogen) atoms. The Hall–Kier alpha value is -1.67. The molecule has 0 bridgehead atoms. The van der Waals surface area contributed by atoms with Crippen molar-refractivity contribution in [2.75, 3.05) is 6.54 Å². The van der Waals surface area contributed by atoms with Crippen molar-refractivity contribution in [2.45, 2.75) is 38.6 Å². The predicted molar refractivity (Wildman–Crippen MR) is 79.5 cm³/mol. The highest BCUT2D eigenvalue weighted by molar-refractivity contribution is 7.89. The molecule has 2 aromatic heterocycles. The van der Waals surface area contributed by atoms with Crippen LogP contribution in [0.2, 0.25) is 0 Å². The molecule has 0 aromatic carbocycles. The van der Waals surface area contributed by atoms with E-state index in [0.29, 0.717) is 30.9 Å². The van der Waals surface area contributed by atoms with Crippen LogP contribution in [0.5, 0.6) is 0 Å². The molecule has 1 N–H and O–H groups in total. The Kier molecular flexibility index (Phi) is 4.48. The molecule has 0 aliphatic rings. The van der Waals surface area contributed by atoms with E-state index in [0.717, 1.165) is 5.69 Å². The van der Waals surface area contributed by atoms with Crippen LogP contribution in [0.15, 0.2) is 17.2 Å². The Morgan fingerprint density at radius 2 is 1.95 bits per heavy atom. The lowest BCUT2D eigenvalue weighted by Gasteiger charge is -2.07. The summed E-state index contributed by atoms with van der Waals surface area (Å²) in [6.07, 6.45) is 2.57. The molecule has 0 aliphatic carbocycles. The van der Waals surface area contributed by atoms with Gasteiger partial charge in [0, 0.05) is 26.3 Å². The molecule has 0 saturated heterocycles. The molecule has 2 heterocycles. The lowest BCUT2D eigenvalue weighted by atomic mass is 10.4. The van der Waals surface area contributed by atoms with Crippen LogP contribution >= 0.6 is 0 Å². The van der Waals surface area contributed by atoms with Crippen LogP contribution in [-0.4, -0.2) is 34.5 Å². The molecule has 116 valence electrons. The second-order valence-corrected chi connectivity index (χ2v) is 6.80. The van der Waals surface area contributed by atoms with E-state index < -0.39 is 10.0 Å². The quantitative estimate of drug-likeness (QED) is 0.804. The average molecular weight is 311 g/mol. The highest BCUT2D eigenvalue weighted by Gasteiger charge is 2.22. The van der Waals surface area contributed by atoms with Crippen molar-refractivity contribution in [3.8, 4) is 0 Å². The number of rotatable bonds is 6. The molecular weight excluding hydrogens is 290 g/mol. The van der Waals surface area contributed by atoms with Gasteiger partial charge in [-0.15, -0.1) is 0 Å². The van der Waals surface area contributed by atoms with Crippen LogP contribution in [0.4, 0.5) is 0 Å². The van der Waals surface area contributed by atoms with E-state index in [1.807, 2.05) is 23.9 Å². The summed E-state index contributed by atoms with van der Waals surface area (Å²) >= 11 is 0. The zero-order valence-electron chi connectivity index (χ0n) is 12.8.